The van der Waals surface area contributed by atoms with Gasteiger partial charge >= 0.3 is 0 Å². The van der Waals surface area contributed by atoms with Gasteiger partial charge in [0, 0.05) is 11.6 Å². The second-order valence-electron chi connectivity index (χ2n) is 8.11. The van der Waals surface area contributed by atoms with Gasteiger partial charge in [-0.25, -0.2) is 0 Å². The molecule has 33 heavy (non-hydrogen) atoms. The van der Waals surface area contributed by atoms with Crippen LogP contribution in [0.2, 0.25) is 20.1 Å². The van der Waals surface area contributed by atoms with Crippen LogP contribution < -0.4 is 10.6 Å². The van der Waals surface area contributed by atoms with Crippen LogP contribution in [0.15, 0.2) is 30.3 Å². The van der Waals surface area contributed by atoms with Crippen molar-refractivity contribution < 1.29 is 9.59 Å². The standard InChI is InChI=1S/C22H15Cl6N3O2/c23-13-3-2-11(8-12(13)19(32)31-21(9-29)4-1-5-21)30-20(33)17-16(22(17,27)28)10-6-14(24)18(26)15(25)7-10/h2-3,6-8,16-17H,1,4-5H2,(H,30,33)(H,31,32)/t16-,17+/m1/s1. The van der Waals surface area contributed by atoms with Crippen LogP contribution in [0.5, 0.6) is 0 Å². The Morgan fingerprint density at radius 2 is 1.64 bits per heavy atom. The Labute approximate surface area is 220 Å². The number of carbonyl (C=O) groups excluding carboxylic acids is 2. The summed E-state index contributed by atoms with van der Waals surface area (Å²) < 4.78 is -1.37. The van der Waals surface area contributed by atoms with Crippen LogP contribution in [0.3, 0.4) is 0 Å². The second-order valence-corrected chi connectivity index (χ2v) is 11.2. The van der Waals surface area contributed by atoms with Crippen LogP contribution in [0.1, 0.15) is 41.1 Å². The molecule has 2 aliphatic rings. The fourth-order valence-corrected chi connectivity index (χ4v) is 5.54. The van der Waals surface area contributed by atoms with E-state index in [9.17, 15) is 14.9 Å². The van der Waals surface area contributed by atoms with Crippen LogP contribution in [0, 0.1) is 17.2 Å². The molecule has 2 aliphatic carbocycles. The lowest BCUT2D eigenvalue weighted by atomic mass is 9.78. The molecule has 2 aromatic carbocycles. The maximum Gasteiger partial charge on any atom is 0.254 e. The normalized spacial score (nSPS) is 22.0. The van der Waals surface area contributed by atoms with Crippen molar-refractivity contribution in [3.8, 4) is 6.07 Å². The lowest BCUT2D eigenvalue weighted by Crippen LogP contribution is -2.52. The molecule has 2 fully saturated rings. The van der Waals surface area contributed by atoms with E-state index in [0.29, 0.717) is 24.1 Å². The highest BCUT2D eigenvalue weighted by Crippen LogP contribution is 2.65. The highest BCUT2D eigenvalue weighted by molar-refractivity contribution is 6.54. The van der Waals surface area contributed by atoms with E-state index in [2.05, 4.69) is 16.7 Å². The highest BCUT2D eigenvalue weighted by atomic mass is 35.5. The lowest BCUT2D eigenvalue weighted by molar-refractivity contribution is -0.117. The monoisotopic (exact) mass is 563 g/mol. The topological polar surface area (TPSA) is 82.0 Å². The fourth-order valence-electron chi connectivity index (χ4n) is 3.90. The molecule has 2 amide bonds. The van der Waals surface area contributed by atoms with Gasteiger partial charge in [-0.3, -0.25) is 9.59 Å². The largest absolute Gasteiger partial charge is 0.334 e. The summed E-state index contributed by atoms with van der Waals surface area (Å²) in [4.78, 5) is 25.7. The Kier molecular flexibility index (Phi) is 6.74. The quantitative estimate of drug-likeness (QED) is 0.302. The van der Waals surface area contributed by atoms with Crippen molar-refractivity contribution in [2.24, 2.45) is 5.92 Å². The number of carbonyl (C=O) groups is 2. The van der Waals surface area contributed by atoms with Crippen molar-refractivity contribution in [2.45, 2.75) is 35.1 Å². The molecule has 0 aromatic heterocycles. The van der Waals surface area contributed by atoms with E-state index in [1.54, 1.807) is 18.2 Å². The Morgan fingerprint density at radius 1 is 1.00 bits per heavy atom. The first-order valence-corrected chi connectivity index (χ1v) is 12.1. The zero-order chi connectivity index (χ0) is 24.1. The third-order valence-electron chi connectivity index (χ3n) is 5.95. The first kappa shape index (κ1) is 24.7. The molecule has 2 N–H and O–H groups in total. The van der Waals surface area contributed by atoms with Crippen LogP contribution in [-0.2, 0) is 4.79 Å². The van der Waals surface area contributed by atoms with E-state index in [4.69, 9.17) is 69.6 Å². The first-order chi connectivity index (χ1) is 15.5. The minimum atomic E-state index is -1.37. The van der Waals surface area contributed by atoms with E-state index in [-0.39, 0.29) is 25.7 Å². The van der Waals surface area contributed by atoms with E-state index >= 15 is 0 Å². The summed E-state index contributed by atoms with van der Waals surface area (Å²) in [6, 6.07) is 9.78. The molecule has 0 saturated heterocycles. The summed E-state index contributed by atoms with van der Waals surface area (Å²) in [6.45, 7) is 0. The molecule has 0 heterocycles. The van der Waals surface area contributed by atoms with Crippen molar-refractivity contribution >= 4 is 87.1 Å². The summed E-state index contributed by atoms with van der Waals surface area (Å²) in [6.07, 6.45) is 2.03. The number of nitriles is 1. The van der Waals surface area contributed by atoms with E-state index < -0.39 is 33.5 Å². The summed E-state index contributed by atoms with van der Waals surface area (Å²) >= 11 is 37.2. The molecule has 2 aromatic rings. The van der Waals surface area contributed by atoms with Gasteiger partial charge in [0.05, 0.1) is 37.6 Å². The molecule has 2 saturated carbocycles. The SMILES string of the molecule is N#CC1(NC(=O)c2cc(NC(=O)[C@@H]3[C@@H](c4cc(Cl)c(Cl)c(Cl)c4)C3(Cl)Cl)ccc2Cl)CCC1. The average molecular weight is 566 g/mol. The van der Waals surface area contributed by atoms with Gasteiger partial charge in [0.2, 0.25) is 5.91 Å². The van der Waals surface area contributed by atoms with Crippen LogP contribution in [0.4, 0.5) is 5.69 Å². The Bertz CT molecular complexity index is 1180. The maximum absolute atomic E-state index is 13.0. The number of hydrogen-bond donors (Lipinski definition) is 2. The van der Waals surface area contributed by atoms with Crippen molar-refractivity contribution in [3.05, 3.63) is 61.5 Å². The molecule has 4 rings (SSSR count). The third-order valence-corrected chi connectivity index (χ3v) is 8.42. The molecule has 2 atom stereocenters. The predicted octanol–water partition coefficient (Wildman–Crippen LogP) is 7.00. The third kappa shape index (κ3) is 4.62. The summed E-state index contributed by atoms with van der Waals surface area (Å²) in [5.41, 5.74) is 0.176. The molecule has 0 unspecified atom stereocenters. The molecular weight excluding hydrogens is 551 g/mol. The van der Waals surface area contributed by atoms with Crippen molar-refractivity contribution in [1.82, 2.24) is 5.32 Å². The second kappa shape index (κ2) is 9.00. The van der Waals surface area contributed by atoms with Crippen molar-refractivity contribution in [1.29, 1.82) is 5.26 Å². The molecule has 172 valence electrons. The van der Waals surface area contributed by atoms with Gasteiger partial charge in [0.1, 0.15) is 9.87 Å². The molecular formula is C22H15Cl6N3O2. The lowest BCUT2D eigenvalue weighted by Gasteiger charge is -2.35. The molecule has 0 aliphatic heterocycles. The number of anilines is 1. The summed E-state index contributed by atoms with van der Waals surface area (Å²) in [7, 11) is 0. The van der Waals surface area contributed by atoms with Crippen LogP contribution in [-0.4, -0.2) is 21.7 Å². The van der Waals surface area contributed by atoms with E-state index in [1.165, 1.54) is 12.1 Å². The van der Waals surface area contributed by atoms with Gasteiger partial charge in [-0.15, -0.1) is 23.2 Å². The smallest absolute Gasteiger partial charge is 0.254 e. The van der Waals surface area contributed by atoms with Gasteiger partial charge in [-0.2, -0.15) is 5.26 Å². The van der Waals surface area contributed by atoms with E-state index in [1.807, 2.05) is 0 Å². The highest BCUT2D eigenvalue weighted by Gasteiger charge is 2.67. The zero-order valence-electron chi connectivity index (χ0n) is 16.7. The summed E-state index contributed by atoms with van der Waals surface area (Å²) in [5.74, 6) is -2.29. The number of rotatable bonds is 5. The number of benzene rings is 2. The molecule has 0 spiro atoms. The number of nitrogens with one attached hydrogen (secondary N) is 2. The minimum Gasteiger partial charge on any atom is -0.334 e. The van der Waals surface area contributed by atoms with Crippen molar-refractivity contribution in [2.75, 3.05) is 5.32 Å². The van der Waals surface area contributed by atoms with Crippen LogP contribution in [0.25, 0.3) is 0 Å². The molecule has 0 radical (unpaired) electrons. The molecule has 11 heteroatoms. The van der Waals surface area contributed by atoms with Gasteiger partial charge in [-0.1, -0.05) is 46.4 Å². The van der Waals surface area contributed by atoms with E-state index in [0.717, 1.165) is 6.42 Å². The molecule has 5 nitrogen and oxygen atoms in total. The first-order valence-electron chi connectivity index (χ1n) is 9.85. The Hall–Kier alpha value is -1.39. The Morgan fingerprint density at radius 3 is 2.18 bits per heavy atom. The maximum atomic E-state index is 13.0. The molecule has 0 bridgehead atoms. The van der Waals surface area contributed by atoms with Crippen molar-refractivity contribution in [3.63, 3.8) is 0 Å². The van der Waals surface area contributed by atoms with Crippen LogP contribution >= 0.6 is 69.6 Å². The minimum absolute atomic E-state index is 0.141. The average Bonchev–Trinajstić information content (AvgIpc) is 3.31. The fraction of sp³-hybridized carbons (Fsp3) is 0.318. The van der Waals surface area contributed by atoms with Gasteiger partial charge in [0.15, 0.2) is 0 Å². The predicted molar refractivity (Wildman–Crippen MR) is 132 cm³/mol. The number of amides is 2. The number of halogens is 6. The van der Waals surface area contributed by atoms with Gasteiger partial charge in [-0.05, 0) is 55.2 Å². The zero-order valence-corrected chi connectivity index (χ0v) is 21.2. The van der Waals surface area contributed by atoms with Gasteiger partial charge in [0.25, 0.3) is 5.91 Å². The summed E-state index contributed by atoms with van der Waals surface area (Å²) in [5, 5.41) is 15.7. The van der Waals surface area contributed by atoms with Gasteiger partial charge < -0.3 is 10.6 Å². The number of nitrogens with zero attached hydrogens (tertiary/aromatic N) is 1. The Balaban J connectivity index is 1.51. The number of alkyl halides is 2. The number of hydrogen-bond acceptors (Lipinski definition) is 3.